The van der Waals surface area contributed by atoms with Crippen LogP contribution in [0.4, 0.5) is 5.69 Å². The Morgan fingerprint density at radius 3 is 2.81 bits per heavy atom. The molecule has 1 amide bonds. The van der Waals surface area contributed by atoms with Gasteiger partial charge in [0.15, 0.2) is 0 Å². The number of halogens is 1. The van der Waals surface area contributed by atoms with Crippen molar-refractivity contribution in [2.75, 3.05) is 5.32 Å². The lowest BCUT2D eigenvalue weighted by molar-refractivity contribution is 0.102. The summed E-state index contributed by atoms with van der Waals surface area (Å²) >= 11 is 5.63. The van der Waals surface area contributed by atoms with Gasteiger partial charge in [-0.2, -0.15) is 0 Å². The molecule has 0 saturated carbocycles. The van der Waals surface area contributed by atoms with Gasteiger partial charge < -0.3 is 5.32 Å². The zero-order chi connectivity index (χ0) is 11.4. The number of carbonyl (C=O) groups is 1. The molecule has 5 nitrogen and oxygen atoms in total. The molecule has 0 radical (unpaired) electrons. The first-order valence-electron chi connectivity index (χ1n) is 4.44. The van der Waals surface area contributed by atoms with Gasteiger partial charge in [0.25, 0.3) is 5.91 Å². The van der Waals surface area contributed by atoms with E-state index in [1.165, 1.54) is 18.6 Å². The number of amides is 1. The number of hydrogen-bond donors (Lipinski definition) is 1. The van der Waals surface area contributed by atoms with Crippen LogP contribution in [0.1, 0.15) is 10.5 Å². The Bertz CT molecular complexity index is 503. The fourth-order valence-corrected chi connectivity index (χ4v) is 1.23. The van der Waals surface area contributed by atoms with Crippen LogP contribution in [0.5, 0.6) is 0 Å². The number of nitrogens with one attached hydrogen (secondary N) is 1. The number of carbonyl (C=O) groups excluding carboxylic acids is 1. The van der Waals surface area contributed by atoms with E-state index in [-0.39, 0.29) is 16.8 Å². The molecule has 1 N–H and O–H groups in total. The lowest BCUT2D eigenvalue weighted by Gasteiger charge is -2.03. The SMILES string of the molecule is O=C(Nc1cccnc1)c1cncc(Cl)n1. The van der Waals surface area contributed by atoms with Crippen molar-refractivity contribution < 1.29 is 4.79 Å². The third-order valence-electron chi connectivity index (χ3n) is 1.76. The van der Waals surface area contributed by atoms with Crippen LogP contribution in [-0.2, 0) is 0 Å². The molecular formula is C10H7ClN4O. The molecule has 0 aliphatic heterocycles. The van der Waals surface area contributed by atoms with Crippen LogP contribution < -0.4 is 5.32 Å². The van der Waals surface area contributed by atoms with Crippen molar-refractivity contribution in [1.29, 1.82) is 0 Å². The highest BCUT2D eigenvalue weighted by Gasteiger charge is 2.08. The van der Waals surface area contributed by atoms with Gasteiger partial charge in [-0.15, -0.1) is 0 Å². The van der Waals surface area contributed by atoms with E-state index in [9.17, 15) is 4.79 Å². The zero-order valence-electron chi connectivity index (χ0n) is 8.09. The van der Waals surface area contributed by atoms with Gasteiger partial charge in [-0.25, -0.2) is 4.98 Å². The summed E-state index contributed by atoms with van der Waals surface area (Å²) in [4.78, 5) is 23.2. The fraction of sp³-hybridized carbons (Fsp3) is 0. The highest BCUT2D eigenvalue weighted by atomic mass is 35.5. The van der Waals surface area contributed by atoms with E-state index in [2.05, 4.69) is 20.3 Å². The molecule has 0 saturated heterocycles. The number of pyridine rings is 1. The molecule has 0 aliphatic rings. The van der Waals surface area contributed by atoms with Crippen LogP contribution in [0, 0.1) is 0 Å². The second-order valence-corrected chi connectivity index (χ2v) is 3.31. The number of rotatable bonds is 2. The van der Waals surface area contributed by atoms with Crippen LogP contribution in [0.2, 0.25) is 5.15 Å². The third-order valence-corrected chi connectivity index (χ3v) is 1.94. The minimum absolute atomic E-state index is 0.163. The lowest BCUT2D eigenvalue weighted by Crippen LogP contribution is -2.14. The van der Waals surface area contributed by atoms with Crippen molar-refractivity contribution in [3.8, 4) is 0 Å². The Balaban J connectivity index is 2.15. The van der Waals surface area contributed by atoms with E-state index in [0.717, 1.165) is 0 Å². The number of anilines is 1. The summed E-state index contributed by atoms with van der Waals surface area (Å²) in [6, 6.07) is 3.45. The monoisotopic (exact) mass is 234 g/mol. The van der Waals surface area contributed by atoms with Crippen LogP contribution in [-0.4, -0.2) is 20.9 Å². The van der Waals surface area contributed by atoms with Gasteiger partial charge in [0.2, 0.25) is 0 Å². The fourth-order valence-electron chi connectivity index (χ4n) is 1.08. The van der Waals surface area contributed by atoms with E-state index in [1.807, 2.05) is 0 Å². The molecule has 2 rings (SSSR count). The van der Waals surface area contributed by atoms with E-state index >= 15 is 0 Å². The molecule has 6 heteroatoms. The Morgan fingerprint density at radius 2 is 2.12 bits per heavy atom. The maximum absolute atomic E-state index is 11.7. The minimum atomic E-state index is -0.372. The van der Waals surface area contributed by atoms with Crippen molar-refractivity contribution in [1.82, 2.24) is 15.0 Å². The molecule has 16 heavy (non-hydrogen) atoms. The largest absolute Gasteiger partial charge is 0.319 e. The predicted octanol–water partition coefficient (Wildman–Crippen LogP) is 1.78. The van der Waals surface area contributed by atoms with E-state index in [1.54, 1.807) is 18.3 Å². The average Bonchev–Trinajstić information content (AvgIpc) is 2.30. The lowest BCUT2D eigenvalue weighted by atomic mass is 10.3. The van der Waals surface area contributed by atoms with Gasteiger partial charge in [-0.1, -0.05) is 11.6 Å². The van der Waals surface area contributed by atoms with Crippen LogP contribution >= 0.6 is 11.6 Å². The van der Waals surface area contributed by atoms with Gasteiger partial charge >= 0.3 is 0 Å². The smallest absolute Gasteiger partial charge is 0.275 e. The number of aromatic nitrogens is 3. The Morgan fingerprint density at radius 1 is 1.25 bits per heavy atom. The molecule has 2 heterocycles. The summed E-state index contributed by atoms with van der Waals surface area (Å²) < 4.78 is 0. The maximum atomic E-state index is 11.7. The first kappa shape index (κ1) is 10.5. The maximum Gasteiger partial charge on any atom is 0.275 e. The van der Waals surface area contributed by atoms with Gasteiger partial charge in [-0.05, 0) is 12.1 Å². The standard InChI is InChI=1S/C10H7ClN4O/c11-9-6-13-5-8(15-9)10(16)14-7-2-1-3-12-4-7/h1-6H,(H,14,16). The second kappa shape index (κ2) is 4.67. The first-order valence-corrected chi connectivity index (χ1v) is 4.82. The Kier molecular flexibility index (Phi) is 3.07. The summed E-state index contributed by atoms with van der Waals surface area (Å²) in [5.41, 5.74) is 0.755. The van der Waals surface area contributed by atoms with E-state index in [0.29, 0.717) is 5.69 Å². The van der Waals surface area contributed by atoms with Crippen molar-refractivity contribution in [3.05, 3.63) is 47.8 Å². The zero-order valence-corrected chi connectivity index (χ0v) is 8.85. The highest BCUT2D eigenvalue weighted by molar-refractivity contribution is 6.29. The van der Waals surface area contributed by atoms with Gasteiger partial charge in [0, 0.05) is 6.20 Å². The van der Waals surface area contributed by atoms with Crippen LogP contribution in [0.25, 0.3) is 0 Å². The molecular weight excluding hydrogens is 228 g/mol. The van der Waals surface area contributed by atoms with Crippen molar-refractivity contribution >= 4 is 23.2 Å². The molecule has 0 aliphatic carbocycles. The molecule has 80 valence electrons. The number of nitrogens with zero attached hydrogens (tertiary/aromatic N) is 3. The van der Waals surface area contributed by atoms with Crippen LogP contribution in [0.15, 0.2) is 36.9 Å². The molecule has 0 bridgehead atoms. The van der Waals surface area contributed by atoms with Gasteiger partial charge in [-0.3, -0.25) is 14.8 Å². The summed E-state index contributed by atoms with van der Waals surface area (Å²) in [6.45, 7) is 0. The van der Waals surface area contributed by atoms with Crippen LogP contribution in [0.3, 0.4) is 0 Å². The minimum Gasteiger partial charge on any atom is -0.319 e. The summed E-state index contributed by atoms with van der Waals surface area (Å²) in [7, 11) is 0. The Labute approximate surface area is 96.5 Å². The highest BCUT2D eigenvalue weighted by Crippen LogP contribution is 2.07. The predicted molar refractivity (Wildman–Crippen MR) is 59.2 cm³/mol. The molecule has 0 spiro atoms. The summed E-state index contributed by atoms with van der Waals surface area (Å²) in [6.07, 6.45) is 5.87. The second-order valence-electron chi connectivity index (χ2n) is 2.92. The van der Waals surface area contributed by atoms with Crippen molar-refractivity contribution in [2.24, 2.45) is 0 Å². The summed E-state index contributed by atoms with van der Waals surface area (Å²) in [5, 5.41) is 2.80. The van der Waals surface area contributed by atoms with E-state index < -0.39 is 0 Å². The molecule has 0 fully saturated rings. The van der Waals surface area contributed by atoms with Gasteiger partial charge in [0.05, 0.1) is 24.3 Å². The number of hydrogen-bond acceptors (Lipinski definition) is 4. The Hall–Kier alpha value is -2.01. The quantitative estimate of drug-likeness (QED) is 0.860. The first-order chi connectivity index (χ1) is 7.75. The molecule has 2 aromatic heterocycles. The van der Waals surface area contributed by atoms with Gasteiger partial charge in [0.1, 0.15) is 10.8 Å². The molecule has 0 atom stereocenters. The molecule has 0 aromatic carbocycles. The average molecular weight is 235 g/mol. The van der Waals surface area contributed by atoms with Crippen molar-refractivity contribution in [3.63, 3.8) is 0 Å². The van der Waals surface area contributed by atoms with Crippen molar-refractivity contribution in [2.45, 2.75) is 0 Å². The molecule has 0 unspecified atom stereocenters. The normalized spacial score (nSPS) is 9.81. The molecule has 2 aromatic rings. The third kappa shape index (κ3) is 2.52. The van der Waals surface area contributed by atoms with E-state index in [4.69, 9.17) is 11.6 Å². The summed E-state index contributed by atoms with van der Waals surface area (Å²) in [5.74, 6) is -0.372. The topological polar surface area (TPSA) is 67.8 Å².